The number of benzene rings is 1. The third-order valence-electron chi connectivity index (χ3n) is 3.63. The summed E-state index contributed by atoms with van der Waals surface area (Å²) in [6.07, 6.45) is 0.382. The molecule has 3 nitrogen and oxygen atoms in total. The quantitative estimate of drug-likeness (QED) is 0.869. The lowest BCUT2D eigenvalue weighted by molar-refractivity contribution is 0.0309. The molecule has 0 saturated carbocycles. The van der Waals surface area contributed by atoms with E-state index in [9.17, 15) is 13.9 Å². The molecule has 19 heavy (non-hydrogen) atoms. The Morgan fingerprint density at radius 1 is 1.32 bits per heavy atom. The number of rotatable bonds is 4. The molecule has 1 saturated heterocycles. The van der Waals surface area contributed by atoms with Gasteiger partial charge in [0.05, 0.1) is 5.60 Å². The van der Waals surface area contributed by atoms with E-state index in [1.807, 2.05) is 0 Å². The SMILES string of the molecule is CC(O)(CCN1CCNCC1)c1cc(F)ccc1F. The van der Waals surface area contributed by atoms with Gasteiger partial charge in [0.15, 0.2) is 0 Å². The fourth-order valence-corrected chi connectivity index (χ4v) is 2.36. The summed E-state index contributed by atoms with van der Waals surface area (Å²) in [7, 11) is 0. The van der Waals surface area contributed by atoms with Crippen molar-refractivity contribution >= 4 is 0 Å². The fraction of sp³-hybridized carbons (Fsp3) is 0.571. The van der Waals surface area contributed by atoms with E-state index in [4.69, 9.17) is 0 Å². The van der Waals surface area contributed by atoms with Gasteiger partial charge in [-0.1, -0.05) is 0 Å². The summed E-state index contributed by atoms with van der Waals surface area (Å²) in [5.41, 5.74) is -1.32. The van der Waals surface area contributed by atoms with Crippen LogP contribution in [0.5, 0.6) is 0 Å². The highest BCUT2D eigenvalue weighted by molar-refractivity contribution is 5.24. The van der Waals surface area contributed by atoms with E-state index < -0.39 is 17.2 Å². The second-order valence-electron chi connectivity index (χ2n) is 5.24. The van der Waals surface area contributed by atoms with Crippen molar-refractivity contribution in [2.24, 2.45) is 0 Å². The lowest BCUT2D eigenvalue weighted by atomic mass is 9.91. The summed E-state index contributed by atoms with van der Waals surface area (Å²) < 4.78 is 26.9. The van der Waals surface area contributed by atoms with E-state index in [1.165, 1.54) is 6.92 Å². The van der Waals surface area contributed by atoms with Gasteiger partial charge in [-0.15, -0.1) is 0 Å². The first-order valence-corrected chi connectivity index (χ1v) is 6.60. The molecule has 0 radical (unpaired) electrons. The monoisotopic (exact) mass is 270 g/mol. The molecule has 1 aromatic rings. The van der Waals surface area contributed by atoms with Crippen molar-refractivity contribution in [2.45, 2.75) is 18.9 Å². The highest BCUT2D eigenvalue weighted by atomic mass is 19.1. The first-order valence-electron chi connectivity index (χ1n) is 6.60. The molecule has 0 bridgehead atoms. The van der Waals surface area contributed by atoms with Gasteiger partial charge in [0, 0.05) is 38.3 Å². The first-order chi connectivity index (χ1) is 8.99. The van der Waals surface area contributed by atoms with Crippen molar-refractivity contribution in [1.29, 1.82) is 0 Å². The zero-order valence-corrected chi connectivity index (χ0v) is 11.1. The second-order valence-corrected chi connectivity index (χ2v) is 5.24. The van der Waals surface area contributed by atoms with Crippen LogP contribution in [0.25, 0.3) is 0 Å². The Hall–Kier alpha value is -1.04. The minimum atomic E-state index is -1.35. The van der Waals surface area contributed by atoms with E-state index in [-0.39, 0.29) is 5.56 Å². The summed E-state index contributed by atoms with van der Waals surface area (Å²) in [4.78, 5) is 2.21. The van der Waals surface area contributed by atoms with Gasteiger partial charge in [-0.2, -0.15) is 0 Å². The molecule has 0 aromatic heterocycles. The fourth-order valence-electron chi connectivity index (χ4n) is 2.36. The molecule has 0 spiro atoms. The molecule has 1 aromatic carbocycles. The summed E-state index contributed by atoms with van der Waals surface area (Å²) in [6.45, 7) is 5.90. The van der Waals surface area contributed by atoms with Crippen LogP contribution in [0.3, 0.4) is 0 Å². The van der Waals surface area contributed by atoms with Gasteiger partial charge >= 0.3 is 0 Å². The van der Waals surface area contributed by atoms with Crippen molar-refractivity contribution in [3.05, 3.63) is 35.4 Å². The van der Waals surface area contributed by atoms with Gasteiger partial charge in [-0.05, 0) is 31.5 Å². The summed E-state index contributed by atoms with van der Waals surface area (Å²) in [6, 6.07) is 3.20. The standard InChI is InChI=1S/C14H20F2N2O/c1-14(19,4-7-18-8-5-17-6-9-18)12-10-11(15)2-3-13(12)16/h2-3,10,17,19H,4-9H2,1H3. The number of hydrogen-bond donors (Lipinski definition) is 2. The zero-order chi connectivity index (χ0) is 13.9. The molecule has 1 fully saturated rings. The third kappa shape index (κ3) is 3.72. The average Bonchev–Trinajstić information content (AvgIpc) is 2.40. The maximum Gasteiger partial charge on any atom is 0.129 e. The van der Waals surface area contributed by atoms with Crippen LogP contribution in [-0.2, 0) is 5.60 Å². The van der Waals surface area contributed by atoms with Crippen LogP contribution in [0.2, 0.25) is 0 Å². The molecular formula is C14H20F2N2O. The molecule has 1 unspecified atom stereocenters. The Morgan fingerprint density at radius 3 is 2.68 bits per heavy atom. The summed E-state index contributed by atoms with van der Waals surface area (Å²) in [5, 5.41) is 13.6. The zero-order valence-electron chi connectivity index (χ0n) is 11.1. The summed E-state index contributed by atoms with van der Waals surface area (Å²) in [5.74, 6) is -1.09. The third-order valence-corrected chi connectivity index (χ3v) is 3.63. The van der Waals surface area contributed by atoms with Gasteiger partial charge in [-0.3, -0.25) is 0 Å². The Labute approximate surface area is 112 Å². The van der Waals surface area contributed by atoms with Crippen LogP contribution < -0.4 is 5.32 Å². The van der Waals surface area contributed by atoms with Crippen LogP contribution in [0.4, 0.5) is 8.78 Å². The smallest absolute Gasteiger partial charge is 0.129 e. The van der Waals surface area contributed by atoms with Gasteiger partial charge in [0.25, 0.3) is 0 Å². The predicted molar refractivity (Wildman–Crippen MR) is 69.9 cm³/mol. The Bertz CT molecular complexity index is 431. The van der Waals surface area contributed by atoms with Gasteiger partial charge in [-0.25, -0.2) is 8.78 Å². The molecule has 1 aliphatic rings. The van der Waals surface area contributed by atoms with Crippen molar-refractivity contribution < 1.29 is 13.9 Å². The number of hydrogen-bond acceptors (Lipinski definition) is 3. The second kappa shape index (κ2) is 5.94. The van der Waals surface area contributed by atoms with Crippen LogP contribution in [-0.4, -0.2) is 42.7 Å². The number of piperazine rings is 1. The Kier molecular flexibility index (Phi) is 4.50. The minimum absolute atomic E-state index is 0.0302. The average molecular weight is 270 g/mol. The molecule has 1 atom stereocenters. The predicted octanol–water partition coefficient (Wildman–Crippen LogP) is 1.47. The van der Waals surface area contributed by atoms with E-state index in [2.05, 4.69) is 10.2 Å². The van der Waals surface area contributed by atoms with E-state index in [1.54, 1.807) is 0 Å². The maximum absolute atomic E-state index is 13.7. The minimum Gasteiger partial charge on any atom is -0.385 e. The van der Waals surface area contributed by atoms with Crippen molar-refractivity contribution in [1.82, 2.24) is 10.2 Å². The number of aliphatic hydroxyl groups is 1. The number of halogens is 2. The summed E-state index contributed by atoms with van der Waals surface area (Å²) >= 11 is 0. The highest BCUT2D eigenvalue weighted by Gasteiger charge is 2.27. The van der Waals surface area contributed by atoms with Crippen molar-refractivity contribution in [2.75, 3.05) is 32.7 Å². The lowest BCUT2D eigenvalue weighted by Gasteiger charge is -2.31. The van der Waals surface area contributed by atoms with Crippen molar-refractivity contribution in [3.8, 4) is 0 Å². The Morgan fingerprint density at radius 2 is 2.00 bits per heavy atom. The first kappa shape index (κ1) is 14.4. The van der Waals surface area contributed by atoms with E-state index in [0.29, 0.717) is 13.0 Å². The Balaban J connectivity index is 2.02. The molecule has 0 aliphatic carbocycles. The van der Waals surface area contributed by atoms with Gasteiger partial charge in [0.1, 0.15) is 11.6 Å². The van der Waals surface area contributed by atoms with Gasteiger partial charge < -0.3 is 15.3 Å². The van der Waals surface area contributed by atoms with Gasteiger partial charge in [0.2, 0.25) is 0 Å². The number of nitrogens with one attached hydrogen (secondary N) is 1. The largest absolute Gasteiger partial charge is 0.385 e. The van der Waals surface area contributed by atoms with Crippen LogP contribution in [0.15, 0.2) is 18.2 Å². The molecule has 2 N–H and O–H groups in total. The van der Waals surface area contributed by atoms with E-state index >= 15 is 0 Å². The highest BCUT2D eigenvalue weighted by Crippen LogP contribution is 2.27. The lowest BCUT2D eigenvalue weighted by Crippen LogP contribution is -2.45. The van der Waals surface area contributed by atoms with E-state index in [0.717, 1.165) is 44.4 Å². The normalized spacial score (nSPS) is 20.2. The molecular weight excluding hydrogens is 250 g/mol. The molecule has 5 heteroatoms. The maximum atomic E-state index is 13.7. The molecule has 0 amide bonds. The molecule has 1 heterocycles. The van der Waals surface area contributed by atoms with Crippen LogP contribution in [0, 0.1) is 11.6 Å². The molecule has 2 rings (SSSR count). The molecule has 1 aliphatic heterocycles. The van der Waals surface area contributed by atoms with Crippen LogP contribution in [0.1, 0.15) is 18.9 Å². The number of nitrogens with zero attached hydrogens (tertiary/aromatic N) is 1. The van der Waals surface area contributed by atoms with Crippen LogP contribution >= 0.6 is 0 Å². The topological polar surface area (TPSA) is 35.5 Å². The molecule has 106 valence electrons. The van der Waals surface area contributed by atoms with Crippen molar-refractivity contribution in [3.63, 3.8) is 0 Å².